The fourth-order valence-corrected chi connectivity index (χ4v) is 0.910. The summed E-state index contributed by atoms with van der Waals surface area (Å²) in [6, 6.07) is 0. The number of hydrogen-bond donors (Lipinski definition) is 1. The molecule has 0 atom stereocenters. The first-order valence-electron chi connectivity index (χ1n) is 2.99. The molecule has 56 valence electrons. The van der Waals surface area contributed by atoms with Gasteiger partial charge in [-0.2, -0.15) is 0 Å². The van der Waals surface area contributed by atoms with Crippen LogP contribution in [0.5, 0.6) is 0 Å². The van der Waals surface area contributed by atoms with Gasteiger partial charge in [0.25, 0.3) is 5.91 Å². The number of primary amides is 1. The number of carbonyl (C=O) groups excluding carboxylic acids is 1. The van der Waals surface area contributed by atoms with E-state index < -0.39 is 5.91 Å². The normalized spacial score (nSPS) is 10.5. The number of oxazole rings is 1. The van der Waals surface area contributed by atoms with Crippen molar-refractivity contribution in [1.29, 1.82) is 0 Å². The minimum Gasteiger partial charge on any atom is -0.432 e. The quantitative estimate of drug-likeness (QED) is 0.624. The summed E-state index contributed by atoms with van der Waals surface area (Å²) in [7, 11) is 0. The van der Waals surface area contributed by atoms with Crippen molar-refractivity contribution in [3.8, 4) is 0 Å². The zero-order valence-electron chi connectivity index (χ0n) is 5.52. The summed E-state index contributed by atoms with van der Waals surface area (Å²) in [5.41, 5.74) is 5.37. The third-order valence-electron chi connectivity index (χ3n) is 1.40. The third-order valence-corrected chi connectivity index (χ3v) is 1.40. The van der Waals surface area contributed by atoms with Gasteiger partial charge in [0.2, 0.25) is 0 Å². The number of rotatable bonds is 1. The van der Waals surface area contributed by atoms with E-state index in [1.807, 2.05) is 0 Å². The molecule has 0 fully saturated rings. The van der Waals surface area contributed by atoms with Crippen LogP contribution in [0.25, 0.3) is 5.84 Å². The van der Waals surface area contributed by atoms with Crippen molar-refractivity contribution in [1.82, 2.24) is 9.38 Å². The summed E-state index contributed by atoms with van der Waals surface area (Å²) in [6.45, 7) is 0. The molecule has 0 aromatic carbocycles. The molecule has 0 aliphatic heterocycles. The smallest absolute Gasteiger partial charge is 0.306 e. The summed E-state index contributed by atoms with van der Waals surface area (Å²) < 4.78 is 6.38. The average molecular weight is 151 g/mol. The van der Waals surface area contributed by atoms with Crippen LogP contribution >= 0.6 is 0 Å². The molecule has 0 saturated heterocycles. The van der Waals surface area contributed by atoms with Gasteiger partial charge in [0.15, 0.2) is 0 Å². The minimum atomic E-state index is -0.515. The molecular formula is C6H5N3O2. The molecule has 0 unspecified atom stereocenters. The second-order valence-corrected chi connectivity index (χ2v) is 2.06. The molecule has 2 aromatic heterocycles. The lowest BCUT2D eigenvalue weighted by molar-refractivity contribution is 0.0994. The van der Waals surface area contributed by atoms with E-state index in [1.165, 1.54) is 16.9 Å². The standard InChI is InChI=1S/C6H5N3O2/c7-5(10)4-3-8-6-9(4)1-2-11-6/h1-3H,(H2,7,10). The van der Waals surface area contributed by atoms with Crippen LogP contribution in [0.4, 0.5) is 0 Å². The van der Waals surface area contributed by atoms with E-state index in [1.54, 1.807) is 6.20 Å². The monoisotopic (exact) mass is 151 g/mol. The zero-order chi connectivity index (χ0) is 7.84. The number of nitrogens with zero attached hydrogens (tertiary/aromatic N) is 2. The van der Waals surface area contributed by atoms with Gasteiger partial charge in [-0.15, -0.1) is 0 Å². The molecule has 0 bridgehead atoms. The van der Waals surface area contributed by atoms with Crippen molar-refractivity contribution >= 4 is 11.8 Å². The van der Waals surface area contributed by atoms with Gasteiger partial charge in [-0.3, -0.25) is 9.20 Å². The Hall–Kier alpha value is -1.78. The molecular weight excluding hydrogens is 146 g/mol. The Kier molecular flexibility index (Phi) is 1.00. The Morgan fingerprint density at radius 3 is 3.27 bits per heavy atom. The summed E-state index contributed by atoms with van der Waals surface area (Å²) >= 11 is 0. The van der Waals surface area contributed by atoms with E-state index >= 15 is 0 Å². The fraction of sp³-hybridized carbons (Fsp3) is 0. The maximum Gasteiger partial charge on any atom is 0.306 e. The SMILES string of the molecule is NC(=O)c1cnc2occn12. The van der Waals surface area contributed by atoms with E-state index in [9.17, 15) is 4.79 Å². The van der Waals surface area contributed by atoms with Gasteiger partial charge in [0.1, 0.15) is 12.0 Å². The molecule has 2 rings (SSSR count). The molecule has 2 aromatic rings. The van der Waals surface area contributed by atoms with E-state index in [0.29, 0.717) is 11.5 Å². The molecule has 1 amide bonds. The average Bonchev–Trinajstić information content (AvgIpc) is 2.41. The molecule has 0 aliphatic rings. The molecule has 0 spiro atoms. The first kappa shape index (κ1) is 5.96. The summed E-state index contributed by atoms with van der Waals surface area (Å²) in [6.07, 6.45) is 4.40. The second kappa shape index (κ2) is 1.85. The van der Waals surface area contributed by atoms with Crippen LogP contribution in [0.2, 0.25) is 0 Å². The van der Waals surface area contributed by atoms with Crippen molar-refractivity contribution < 1.29 is 9.21 Å². The van der Waals surface area contributed by atoms with Gasteiger partial charge >= 0.3 is 5.84 Å². The second-order valence-electron chi connectivity index (χ2n) is 2.06. The van der Waals surface area contributed by atoms with Gasteiger partial charge in [-0.05, 0) is 0 Å². The largest absolute Gasteiger partial charge is 0.432 e. The Morgan fingerprint density at radius 1 is 1.73 bits per heavy atom. The minimum absolute atomic E-state index is 0.328. The first-order valence-corrected chi connectivity index (χ1v) is 2.99. The highest BCUT2D eigenvalue weighted by molar-refractivity contribution is 5.91. The molecule has 2 N–H and O–H groups in total. The lowest BCUT2D eigenvalue weighted by Gasteiger charge is -1.86. The molecule has 0 aliphatic carbocycles. The Labute approximate surface area is 61.4 Å². The highest BCUT2D eigenvalue weighted by Gasteiger charge is 2.08. The molecule has 5 nitrogen and oxygen atoms in total. The van der Waals surface area contributed by atoms with Crippen LogP contribution in [-0.2, 0) is 0 Å². The van der Waals surface area contributed by atoms with Gasteiger partial charge in [0, 0.05) is 6.20 Å². The topological polar surface area (TPSA) is 73.5 Å². The van der Waals surface area contributed by atoms with Crippen LogP contribution in [-0.4, -0.2) is 15.3 Å². The highest BCUT2D eigenvalue weighted by atomic mass is 16.3. The van der Waals surface area contributed by atoms with E-state index in [0.717, 1.165) is 0 Å². The van der Waals surface area contributed by atoms with Gasteiger partial charge in [-0.1, -0.05) is 0 Å². The molecule has 2 heterocycles. The number of imidazole rings is 1. The highest BCUT2D eigenvalue weighted by Crippen LogP contribution is 2.05. The van der Waals surface area contributed by atoms with Gasteiger partial charge in [0.05, 0.1) is 6.20 Å². The van der Waals surface area contributed by atoms with Crippen molar-refractivity contribution in [2.24, 2.45) is 5.73 Å². The lowest BCUT2D eigenvalue weighted by atomic mass is 10.5. The summed E-state index contributed by atoms with van der Waals surface area (Å²) in [5, 5.41) is 0. The number of amides is 1. The maximum atomic E-state index is 10.7. The third kappa shape index (κ3) is 0.706. The molecule has 0 radical (unpaired) electrons. The number of aromatic nitrogens is 2. The summed E-state index contributed by atoms with van der Waals surface area (Å²) in [5.74, 6) is -0.141. The predicted octanol–water partition coefficient (Wildman–Crippen LogP) is 0.0262. The van der Waals surface area contributed by atoms with Crippen LogP contribution in [0, 0.1) is 0 Å². The van der Waals surface area contributed by atoms with Crippen LogP contribution in [0.15, 0.2) is 23.1 Å². The van der Waals surface area contributed by atoms with Crippen molar-refractivity contribution in [2.45, 2.75) is 0 Å². The maximum absolute atomic E-state index is 10.7. The fourth-order valence-electron chi connectivity index (χ4n) is 0.910. The van der Waals surface area contributed by atoms with E-state index in [4.69, 9.17) is 10.2 Å². The number of carbonyl (C=O) groups is 1. The Morgan fingerprint density at radius 2 is 2.55 bits per heavy atom. The molecule has 0 saturated carbocycles. The van der Waals surface area contributed by atoms with Crippen molar-refractivity contribution in [3.63, 3.8) is 0 Å². The summed E-state index contributed by atoms with van der Waals surface area (Å²) in [4.78, 5) is 14.5. The molecule has 5 heteroatoms. The van der Waals surface area contributed by atoms with Crippen molar-refractivity contribution in [2.75, 3.05) is 0 Å². The van der Waals surface area contributed by atoms with E-state index in [-0.39, 0.29) is 0 Å². The van der Waals surface area contributed by atoms with Gasteiger partial charge < -0.3 is 10.2 Å². The van der Waals surface area contributed by atoms with E-state index in [2.05, 4.69) is 4.98 Å². The van der Waals surface area contributed by atoms with Crippen LogP contribution < -0.4 is 5.73 Å². The number of nitrogens with two attached hydrogens (primary N) is 1. The van der Waals surface area contributed by atoms with Gasteiger partial charge in [-0.25, -0.2) is 4.98 Å². The van der Waals surface area contributed by atoms with Crippen LogP contribution in [0.1, 0.15) is 10.5 Å². The Bertz CT molecular complexity index is 401. The Balaban J connectivity index is 2.78. The lowest BCUT2D eigenvalue weighted by Crippen LogP contribution is -2.12. The molecule has 11 heavy (non-hydrogen) atoms. The van der Waals surface area contributed by atoms with Crippen LogP contribution in [0.3, 0.4) is 0 Å². The predicted molar refractivity (Wildman–Crippen MR) is 36.0 cm³/mol. The number of fused-ring (bicyclic) bond motifs is 1. The first-order chi connectivity index (χ1) is 5.29. The zero-order valence-corrected chi connectivity index (χ0v) is 5.52. The van der Waals surface area contributed by atoms with Crippen molar-refractivity contribution in [3.05, 3.63) is 24.4 Å². The number of hydrogen-bond acceptors (Lipinski definition) is 3.